The highest BCUT2D eigenvalue weighted by molar-refractivity contribution is 5.97. The smallest absolute Gasteiger partial charge is 0.339 e. The van der Waals surface area contributed by atoms with Crippen LogP contribution in [0.25, 0.3) is 0 Å². The molecule has 0 spiro atoms. The van der Waals surface area contributed by atoms with Gasteiger partial charge in [0.2, 0.25) is 0 Å². The lowest BCUT2D eigenvalue weighted by molar-refractivity contribution is -0.140. The first kappa shape index (κ1) is 15.9. The Morgan fingerprint density at radius 2 is 2.20 bits per heavy atom. The van der Waals surface area contributed by atoms with Gasteiger partial charge in [0.05, 0.1) is 11.3 Å². The fourth-order valence-electron chi connectivity index (χ4n) is 3.70. The monoisotopic (exact) mass is 339 g/mol. The molecule has 0 bridgehead atoms. The lowest BCUT2D eigenvalue weighted by atomic mass is 9.89. The number of hydrogen-bond acceptors (Lipinski definition) is 4. The van der Waals surface area contributed by atoms with Gasteiger partial charge in [0.1, 0.15) is 5.82 Å². The second-order valence-electron chi connectivity index (χ2n) is 7.11. The second-order valence-corrected chi connectivity index (χ2v) is 7.11. The number of cyclic esters (lactones) is 1. The third-order valence-electron chi connectivity index (χ3n) is 5.01. The quantitative estimate of drug-likeness (QED) is 0.847. The zero-order valence-corrected chi connectivity index (χ0v) is 14.4. The summed E-state index contributed by atoms with van der Waals surface area (Å²) in [5.74, 6) is 0.392. The number of aryl methyl sites for hydroxylation is 2. The highest BCUT2D eigenvalue weighted by Crippen LogP contribution is 2.28. The summed E-state index contributed by atoms with van der Waals surface area (Å²) >= 11 is 0. The number of fused-ring (bicyclic) bond motifs is 2. The van der Waals surface area contributed by atoms with Crippen molar-refractivity contribution in [3.63, 3.8) is 0 Å². The van der Waals surface area contributed by atoms with Gasteiger partial charge >= 0.3 is 5.97 Å². The number of nitrogens with zero attached hydrogens (tertiary/aromatic N) is 2. The molecule has 3 heterocycles. The van der Waals surface area contributed by atoms with Crippen LogP contribution in [0.5, 0.6) is 0 Å². The number of amides is 1. The van der Waals surface area contributed by atoms with Crippen LogP contribution in [0, 0.1) is 6.92 Å². The summed E-state index contributed by atoms with van der Waals surface area (Å²) in [6, 6.07) is 7.30. The van der Waals surface area contributed by atoms with Crippen LogP contribution in [0.15, 0.2) is 30.5 Å². The van der Waals surface area contributed by atoms with Gasteiger partial charge in [0.25, 0.3) is 5.91 Å². The van der Waals surface area contributed by atoms with E-state index in [0.717, 1.165) is 29.9 Å². The summed E-state index contributed by atoms with van der Waals surface area (Å²) in [5.41, 5.74) is 1.22. The molecule has 2 aliphatic rings. The van der Waals surface area contributed by atoms with Crippen LogP contribution in [0.2, 0.25) is 0 Å². The maximum atomic E-state index is 12.8. The van der Waals surface area contributed by atoms with Gasteiger partial charge in [0.15, 0.2) is 5.60 Å². The van der Waals surface area contributed by atoms with E-state index in [1.165, 1.54) is 0 Å². The minimum Gasteiger partial charge on any atom is -0.445 e. The molecule has 2 atom stereocenters. The lowest BCUT2D eigenvalue weighted by Crippen LogP contribution is -2.55. The van der Waals surface area contributed by atoms with Crippen molar-refractivity contribution in [3.8, 4) is 0 Å². The van der Waals surface area contributed by atoms with E-state index in [1.54, 1.807) is 19.1 Å². The van der Waals surface area contributed by atoms with E-state index < -0.39 is 11.6 Å². The van der Waals surface area contributed by atoms with Crippen LogP contribution in [0.1, 0.15) is 40.8 Å². The summed E-state index contributed by atoms with van der Waals surface area (Å²) in [4.78, 5) is 29.6. The number of esters is 1. The third kappa shape index (κ3) is 2.81. The molecule has 25 heavy (non-hydrogen) atoms. The molecule has 4 rings (SSSR count). The number of carbonyl (C=O) groups is 2. The molecule has 0 aliphatic carbocycles. The number of aromatic nitrogens is 2. The van der Waals surface area contributed by atoms with Gasteiger partial charge in [-0.05, 0) is 31.9 Å². The van der Waals surface area contributed by atoms with E-state index in [4.69, 9.17) is 4.74 Å². The molecule has 2 aromatic rings. The van der Waals surface area contributed by atoms with Crippen molar-refractivity contribution in [1.82, 2.24) is 14.9 Å². The van der Waals surface area contributed by atoms with Gasteiger partial charge in [-0.3, -0.25) is 4.79 Å². The molecule has 0 unspecified atom stereocenters. The Bertz CT molecular complexity index is 857. The molecule has 0 radical (unpaired) electrons. The van der Waals surface area contributed by atoms with Gasteiger partial charge in [-0.25, -0.2) is 9.78 Å². The number of hydrogen-bond donors (Lipinski definition) is 1. The Labute approximate surface area is 146 Å². The van der Waals surface area contributed by atoms with Crippen molar-refractivity contribution >= 4 is 11.9 Å². The molecule has 0 saturated heterocycles. The van der Waals surface area contributed by atoms with Crippen LogP contribution in [-0.2, 0) is 28.9 Å². The summed E-state index contributed by atoms with van der Waals surface area (Å²) < 4.78 is 7.60. The number of nitrogens with one attached hydrogen (secondary N) is 1. The predicted molar refractivity (Wildman–Crippen MR) is 91.2 cm³/mol. The lowest BCUT2D eigenvalue weighted by Gasteiger charge is -2.35. The van der Waals surface area contributed by atoms with E-state index in [2.05, 4.69) is 14.9 Å². The van der Waals surface area contributed by atoms with E-state index >= 15 is 0 Å². The Hall–Kier alpha value is -2.63. The maximum absolute atomic E-state index is 12.8. The molecular weight excluding hydrogens is 318 g/mol. The van der Waals surface area contributed by atoms with Crippen molar-refractivity contribution in [3.05, 3.63) is 53.1 Å². The Morgan fingerprint density at radius 1 is 1.40 bits per heavy atom. The van der Waals surface area contributed by atoms with Crippen LogP contribution < -0.4 is 5.32 Å². The molecule has 0 saturated carbocycles. The Balaban J connectivity index is 1.49. The number of carbonyl (C=O) groups excluding carboxylic acids is 2. The second kappa shape index (κ2) is 5.72. The van der Waals surface area contributed by atoms with Gasteiger partial charge in [-0.2, -0.15) is 0 Å². The zero-order valence-electron chi connectivity index (χ0n) is 14.4. The van der Waals surface area contributed by atoms with E-state index in [1.807, 2.05) is 25.3 Å². The third-order valence-corrected chi connectivity index (χ3v) is 5.01. The molecule has 1 aromatic heterocycles. The molecule has 1 amide bonds. The van der Waals surface area contributed by atoms with Crippen molar-refractivity contribution in [1.29, 1.82) is 0 Å². The minimum absolute atomic E-state index is 0.0151. The topological polar surface area (TPSA) is 73.2 Å². The van der Waals surface area contributed by atoms with Crippen LogP contribution >= 0.6 is 0 Å². The molecule has 0 fully saturated rings. The molecular formula is C19H21N3O3. The fraction of sp³-hybridized carbons (Fsp3) is 0.421. The standard InChI is InChI=1S/C19H21N3O3/c1-12-10-22-11-14(7-8-16(22)20-12)21-18(24)19(2)9-13-5-3-4-6-15(13)17(23)25-19/h3-6,10,14H,7-9,11H2,1-2H3,(H,21,24)/t14-,19-/m1/s1. The number of imidazole rings is 1. The molecule has 1 N–H and O–H groups in total. The first-order valence-electron chi connectivity index (χ1n) is 8.59. The Morgan fingerprint density at radius 3 is 3.04 bits per heavy atom. The van der Waals surface area contributed by atoms with E-state index in [0.29, 0.717) is 18.5 Å². The first-order chi connectivity index (χ1) is 11.9. The zero-order chi connectivity index (χ0) is 17.6. The largest absolute Gasteiger partial charge is 0.445 e. The van der Waals surface area contributed by atoms with Crippen LogP contribution in [0.3, 0.4) is 0 Å². The number of benzene rings is 1. The summed E-state index contributed by atoms with van der Waals surface area (Å²) in [6.07, 6.45) is 4.07. The molecule has 6 heteroatoms. The van der Waals surface area contributed by atoms with Crippen molar-refractivity contribution < 1.29 is 14.3 Å². The molecule has 1 aromatic carbocycles. The maximum Gasteiger partial charge on any atom is 0.339 e. The Kier molecular flexibility index (Phi) is 3.63. The van der Waals surface area contributed by atoms with E-state index in [9.17, 15) is 9.59 Å². The van der Waals surface area contributed by atoms with E-state index in [-0.39, 0.29) is 11.9 Å². The van der Waals surface area contributed by atoms with Gasteiger partial charge in [0, 0.05) is 31.6 Å². The average Bonchev–Trinajstić information content (AvgIpc) is 2.94. The van der Waals surface area contributed by atoms with Crippen LogP contribution in [0.4, 0.5) is 0 Å². The number of ether oxygens (including phenoxy) is 1. The highest BCUT2D eigenvalue weighted by Gasteiger charge is 2.43. The summed E-state index contributed by atoms with van der Waals surface area (Å²) in [6.45, 7) is 4.35. The first-order valence-corrected chi connectivity index (χ1v) is 8.59. The summed E-state index contributed by atoms with van der Waals surface area (Å²) in [5, 5.41) is 3.07. The van der Waals surface area contributed by atoms with Crippen molar-refractivity contribution in [2.75, 3.05) is 0 Å². The van der Waals surface area contributed by atoms with Gasteiger partial charge < -0.3 is 14.6 Å². The molecule has 2 aliphatic heterocycles. The fourth-order valence-corrected chi connectivity index (χ4v) is 3.70. The van der Waals surface area contributed by atoms with Crippen molar-refractivity contribution in [2.45, 2.75) is 51.3 Å². The van der Waals surface area contributed by atoms with Crippen molar-refractivity contribution in [2.24, 2.45) is 0 Å². The highest BCUT2D eigenvalue weighted by atomic mass is 16.6. The number of rotatable bonds is 2. The predicted octanol–water partition coefficient (Wildman–Crippen LogP) is 1.79. The van der Waals surface area contributed by atoms with Gasteiger partial charge in [-0.15, -0.1) is 0 Å². The minimum atomic E-state index is -1.17. The molecule has 6 nitrogen and oxygen atoms in total. The van der Waals surface area contributed by atoms with Crippen LogP contribution in [-0.4, -0.2) is 33.1 Å². The van der Waals surface area contributed by atoms with Gasteiger partial charge in [-0.1, -0.05) is 18.2 Å². The normalized spacial score (nSPS) is 24.9. The summed E-state index contributed by atoms with van der Waals surface area (Å²) in [7, 11) is 0. The average molecular weight is 339 g/mol. The SMILES string of the molecule is Cc1cn2c(n1)CC[C@@H](NC(=O)[C@@]1(C)Cc3ccccc3C(=O)O1)C2. The molecule has 130 valence electrons.